The summed E-state index contributed by atoms with van der Waals surface area (Å²) in [5.74, 6) is -2.25. The average molecular weight is 192 g/mol. The molecular formula is C7H5F3NO2+. The monoisotopic (exact) mass is 192 g/mol. The summed E-state index contributed by atoms with van der Waals surface area (Å²) in [6.07, 6.45) is -2.60. The molecule has 0 radical (unpaired) electrons. The second kappa shape index (κ2) is 3.42. The van der Waals surface area contributed by atoms with E-state index in [9.17, 15) is 18.0 Å². The summed E-state index contributed by atoms with van der Waals surface area (Å²) >= 11 is 0. The zero-order chi connectivity index (χ0) is 9.90. The van der Waals surface area contributed by atoms with Gasteiger partial charge in [0, 0.05) is 16.9 Å². The predicted octanol–water partition coefficient (Wildman–Crippen LogP) is 0.492. The summed E-state index contributed by atoms with van der Waals surface area (Å²) in [4.78, 5) is 14.2. The molecule has 0 aromatic carbocycles. The van der Waals surface area contributed by atoms with Gasteiger partial charge in [0.25, 0.3) is 0 Å². The van der Waals surface area contributed by atoms with Crippen LogP contribution in [0.2, 0.25) is 0 Å². The van der Waals surface area contributed by atoms with E-state index in [0.717, 1.165) is 0 Å². The number of pyridine rings is 1. The Morgan fingerprint density at radius 1 is 1.15 bits per heavy atom. The van der Waals surface area contributed by atoms with Crippen LogP contribution in [0.1, 0.15) is 0 Å². The van der Waals surface area contributed by atoms with Gasteiger partial charge in [-0.05, 0) is 0 Å². The van der Waals surface area contributed by atoms with Gasteiger partial charge in [0.15, 0.2) is 0 Å². The Kier molecular flexibility index (Phi) is 2.50. The molecule has 0 aliphatic carbocycles. The normalized spacial score (nSPS) is 11.0. The summed E-state index contributed by atoms with van der Waals surface area (Å²) in [7, 11) is 0. The summed E-state index contributed by atoms with van der Waals surface area (Å²) in [5.41, 5.74) is 0. The molecule has 0 aliphatic rings. The van der Waals surface area contributed by atoms with Gasteiger partial charge in [0.2, 0.25) is 12.4 Å². The molecule has 0 atom stereocenters. The molecule has 3 nitrogen and oxygen atoms in total. The molecule has 0 N–H and O–H groups in total. The number of alkyl halides is 3. The van der Waals surface area contributed by atoms with Crippen LogP contribution in [-0.4, -0.2) is 12.1 Å². The van der Waals surface area contributed by atoms with Crippen molar-refractivity contribution in [3.05, 3.63) is 30.6 Å². The Balaban J connectivity index is 2.66. The summed E-state index contributed by atoms with van der Waals surface area (Å²) < 4.78 is 35.6. The molecule has 1 aromatic rings. The van der Waals surface area contributed by atoms with Crippen LogP contribution in [0.25, 0.3) is 0 Å². The first kappa shape index (κ1) is 9.50. The van der Waals surface area contributed by atoms with Crippen LogP contribution in [0.5, 0.6) is 0 Å². The molecule has 0 fully saturated rings. The molecule has 70 valence electrons. The number of carbonyl (C=O) groups is 1. The van der Waals surface area contributed by atoms with Crippen molar-refractivity contribution in [2.75, 3.05) is 0 Å². The number of hydrogen-bond acceptors (Lipinski definition) is 2. The number of aromatic nitrogens is 1. The smallest absolute Gasteiger partial charge is 0.234 e. The zero-order valence-corrected chi connectivity index (χ0v) is 6.28. The maximum atomic E-state index is 11.6. The van der Waals surface area contributed by atoms with E-state index in [1.807, 2.05) is 0 Å². The van der Waals surface area contributed by atoms with Crippen LogP contribution >= 0.6 is 0 Å². The third-order valence-corrected chi connectivity index (χ3v) is 1.11. The Bertz CT molecular complexity index is 296. The minimum absolute atomic E-state index is 0.676. The molecular weight excluding hydrogens is 187 g/mol. The van der Waals surface area contributed by atoms with E-state index >= 15 is 0 Å². The van der Waals surface area contributed by atoms with E-state index in [1.54, 1.807) is 6.07 Å². The van der Waals surface area contributed by atoms with E-state index in [-0.39, 0.29) is 0 Å². The van der Waals surface area contributed by atoms with Crippen molar-refractivity contribution in [1.82, 2.24) is 0 Å². The third-order valence-electron chi connectivity index (χ3n) is 1.11. The lowest BCUT2D eigenvalue weighted by atomic mass is 10.5. The van der Waals surface area contributed by atoms with Crippen molar-refractivity contribution in [2.45, 2.75) is 6.18 Å². The van der Waals surface area contributed by atoms with E-state index in [2.05, 4.69) is 4.84 Å². The highest BCUT2D eigenvalue weighted by Gasteiger charge is 2.44. The van der Waals surface area contributed by atoms with Crippen molar-refractivity contribution in [3.63, 3.8) is 0 Å². The number of nitrogens with zero attached hydrogens (tertiary/aromatic N) is 1. The first-order chi connectivity index (χ1) is 6.00. The molecule has 0 bridgehead atoms. The largest absolute Gasteiger partial charge is 0.498 e. The molecule has 13 heavy (non-hydrogen) atoms. The summed E-state index contributed by atoms with van der Waals surface area (Å²) in [5, 5.41) is 0. The van der Waals surface area contributed by atoms with Gasteiger partial charge < -0.3 is 0 Å². The van der Waals surface area contributed by atoms with Crippen LogP contribution in [0, 0.1) is 0 Å². The van der Waals surface area contributed by atoms with Gasteiger partial charge in [0.05, 0.1) is 0 Å². The SMILES string of the molecule is O=C(O[n+]1ccccc1)C(F)(F)F. The first-order valence-corrected chi connectivity index (χ1v) is 3.26. The molecule has 0 saturated carbocycles. The van der Waals surface area contributed by atoms with Gasteiger partial charge in [0.1, 0.15) is 0 Å². The number of rotatable bonds is 1. The number of hydrogen-bond donors (Lipinski definition) is 0. The second-order valence-electron chi connectivity index (χ2n) is 2.11. The molecule has 0 saturated heterocycles. The highest BCUT2D eigenvalue weighted by molar-refractivity contribution is 5.75. The molecule has 0 amide bonds. The van der Waals surface area contributed by atoms with Gasteiger partial charge in [-0.25, -0.2) is 4.79 Å². The lowest BCUT2D eigenvalue weighted by Crippen LogP contribution is -2.49. The van der Waals surface area contributed by atoms with Crippen LogP contribution in [0.4, 0.5) is 13.2 Å². The predicted molar refractivity (Wildman–Crippen MR) is 34.3 cm³/mol. The van der Waals surface area contributed by atoms with Gasteiger partial charge in [-0.3, -0.25) is 0 Å². The van der Waals surface area contributed by atoms with Crippen molar-refractivity contribution < 1.29 is 27.5 Å². The van der Waals surface area contributed by atoms with Crippen LogP contribution in [-0.2, 0) is 4.79 Å². The topological polar surface area (TPSA) is 30.2 Å². The zero-order valence-electron chi connectivity index (χ0n) is 6.28. The fourth-order valence-corrected chi connectivity index (χ4v) is 0.591. The quantitative estimate of drug-likeness (QED) is 0.606. The molecule has 0 aliphatic heterocycles. The maximum absolute atomic E-state index is 11.6. The Morgan fingerprint density at radius 3 is 2.15 bits per heavy atom. The Hall–Kier alpha value is -1.59. The van der Waals surface area contributed by atoms with Gasteiger partial charge in [-0.1, -0.05) is 6.07 Å². The fraction of sp³-hybridized carbons (Fsp3) is 0.143. The first-order valence-electron chi connectivity index (χ1n) is 3.26. The minimum atomic E-state index is -4.97. The third kappa shape index (κ3) is 2.73. The Morgan fingerprint density at radius 2 is 1.69 bits per heavy atom. The number of carbonyl (C=O) groups excluding carboxylic acids is 1. The van der Waals surface area contributed by atoms with E-state index in [1.165, 1.54) is 24.5 Å². The van der Waals surface area contributed by atoms with E-state index < -0.39 is 12.1 Å². The van der Waals surface area contributed by atoms with E-state index in [4.69, 9.17) is 0 Å². The molecule has 0 spiro atoms. The second-order valence-corrected chi connectivity index (χ2v) is 2.11. The highest BCUT2D eigenvalue weighted by atomic mass is 19.4. The lowest BCUT2D eigenvalue weighted by Gasteiger charge is -1.99. The highest BCUT2D eigenvalue weighted by Crippen LogP contribution is 2.13. The van der Waals surface area contributed by atoms with Crippen molar-refractivity contribution in [2.24, 2.45) is 0 Å². The van der Waals surface area contributed by atoms with Crippen LogP contribution in [0.15, 0.2) is 30.6 Å². The molecule has 0 unspecified atom stereocenters. The standard InChI is InChI=1S/C7H5F3NO2/c8-7(9,10)6(12)13-11-4-2-1-3-5-11/h1-5H/q+1. The van der Waals surface area contributed by atoms with Gasteiger partial charge in [-0.15, -0.1) is 0 Å². The summed E-state index contributed by atoms with van der Waals surface area (Å²) in [6, 6.07) is 4.45. The molecule has 1 aromatic heterocycles. The van der Waals surface area contributed by atoms with Crippen molar-refractivity contribution in [3.8, 4) is 0 Å². The van der Waals surface area contributed by atoms with Gasteiger partial charge in [-0.2, -0.15) is 18.0 Å². The number of halogens is 3. The maximum Gasteiger partial charge on any atom is 0.498 e. The summed E-state index contributed by atoms with van der Waals surface area (Å²) in [6.45, 7) is 0. The Labute approximate surface area is 71.3 Å². The van der Waals surface area contributed by atoms with Crippen molar-refractivity contribution in [1.29, 1.82) is 0 Å². The van der Waals surface area contributed by atoms with Crippen LogP contribution < -0.4 is 9.57 Å². The molecule has 1 heterocycles. The lowest BCUT2D eigenvalue weighted by molar-refractivity contribution is -0.870. The molecule has 1 rings (SSSR count). The van der Waals surface area contributed by atoms with Crippen LogP contribution in [0.3, 0.4) is 0 Å². The van der Waals surface area contributed by atoms with Crippen molar-refractivity contribution >= 4 is 5.97 Å². The average Bonchev–Trinajstić information content (AvgIpc) is 2.04. The molecule has 6 heteroatoms. The fourth-order valence-electron chi connectivity index (χ4n) is 0.591. The minimum Gasteiger partial charge on any atom is -0.234 e. The van der Waals surface area contributed by atoms with Gasteiger partial charge >= 0.3 is 12.1 Å². The van der Waals surface area contributed by atoms with E-state index in [0.29, 0.717) is 4.73 Å².